The highest BCUT2D eigenvalue weighted by atomic mass is 35.5. The van der Waals surface area contributed by atoms with Gasteiger partial charge in [-0.05, 0) is 31.2 Å². The largest absolute Gasteiger partial charge is 0.324 e. The van der Waals surface area contributed by atoms with Crippen molar-refractivity contribution in [1.29, 1.82) is 0 Å². The second kappa shape index (κ2) is 7.19. The quantitative estimate of drug-likeness (QED) is 0.503. The van der Waals surface area contributed by atoms with Crippen LogP contribution in [0, 0.1) is 0 Å². The lowest BCUT2D eigenvalue weighted by Crippen LogP contribution is -2.22. The maximum absolute atomic E-state index is 12.4. The SMILES string of the molecule is C[C@H](Sc1nnc2ccccn12)C(=O)Nc1cc(Cl)c(Cl)cc1Cl. The summed E-state index contributed by atoms with van der Waals surface area (Å²) in [5, 5.41) is 12.1. The molecule has 0 spiro atoms. The van der Waals surface area contributed by atoms with Gasteiger partial charge in [-0.1, -0.05) is 52.6 Å². The van der Waals surface area contributed by atoms with Crippen molar-refractivity contribution in [2.45, 2.75) is 17.3 Å². The van der Waals surface area contributed by atoms with Gasteiger partial charge in [-0.3, -0.25) is 9.20 Å². The number of halogens is 3. The molecule has 0 unspecified atom stereocenters. The number of aromatic nitrogens is 3. The fraction of sp³-hybridized carbons (Fsp3) is 0.133. The molecule has 1 N–H and O–H groups in total. The van der Waals surface area contributed by atoms with Gasteiger partial charge >= 0.3 is 0 Å². The second-order valence-corrected chi connectivity index (χ2v) is 7.44. The van der Waals surface area contributed by atoms with Crippen LogP contribution in [0.1, 0.15) is 6.92 Å². The van der Waals surface area contributed by atoms with Crippen LogP contribution in [-0.2, 0) is 4.79 Å². The predicted molar refractivity (Wildman–Crippen MR) is 98.4 cm³/mol. The molecule has 3 rings (SSSR count). The molecule has 2 aromatic heterocycles. The van der Waals surface area contributed by atoms with E-state index < -0.39 is 5.25 Å². The number of rotatable bonds is 4. The summed E-state index contributed by atoms with van der Waals surface area (Å²) < 4.78 is 1.82. The maximum atomic E-state index is 12.4. The molecule has 0 fully saturated rings. The number of hydrogen-bond donors (Lipinski definition) is 1. The predicted octanol–water partition coefficient (Wildman–Crippen LogP) is 4.81. The van der Waals surface area contributed by atoms with Crippen LogP contribution < -0.4 is 5.32 Å². The second-order valence-electron chi connectivity index (χ2n) is 4.91. The fourth-order valence-corrected chi connectivity index (χ4v) is 3.40. The van der Waals surface area contributed by atoms with Crippen molar-refractivity contribution in [3.63, 3.8) is 0 Å². The van der Waals surface area contributed by atoms with E-state index in [1.807, 2.05) is 28.8 Å². The van der Waals surface area contributed by atoms with Gasteiger partial charge in [-0.2, -0.15) is 0 Å². The highest BCUT2D eigenvalue weighted by molar-refractivity contribution is 8.00. The molecule has 0 saturated carbocycles. The molecule has 1 aromatic carbocycles. The van der Waals surface area contributed by atoms with Gasteiger partial charge in [0.2, 0.25) is 5.91 Å². The number of nitrogens with one attached hydrogen (secondary N) is 1. The van der Waals surface area contributed by atoms with Gasteiger partial charge in [0.1, 0.15) is 0 Å². The molecule has 9 heteroatoms. The molecule has 0 aliphatic heterocycles. The van der Waals surface area contributed by atoms with Crippen LogP contribution in [0.2, 0.25) is 15.1 Å². The van der Waals surface area contributed by atoms with Gasteiger partial charge in [0.15, 0.2) is 10.8 Å². The Morgan fingerprint density at radius 3 is 2.71 bits per heavy atom. The molecule has 1 amide bonds. The number of pyridine rings is 1. The maximum Gasteiger partial charge on any atom is 0.237 e. The van der Waals surface area contributed by atoms with Crippen LogP contribution in [0.25, 0.3) is 5.65 Å². The van der Waals surface area contributed by atoms with E-state index in [4.69, 9.17) is 34.8 Å². The molecular formula is C15H11Cl3N4OS. The Labute approximate surface area is 157 Å². The number of amides is 1. The molecule has 1 atom stereocenters. The zero-order valence-electron chi connectivity index (χ0n) is 12.3. The summed E-state index contributed by atoms with van der Waals surface area (Å²) in [5.74, 6) is -0.229. The van der Waals surface area contributed by atoms with Gasteiger partial charge in [0, 0.05) is 6.20 Å². The van der Waals surface area contributed by atoms with E-state index in [1.165, 1.54) is 23.9 Å². The zero-order chi connectivity index (χ0) is 17.3. The van der Waals surface area contributed by atoms with Crippen molar-refractivity contribution in [2.75, 3.05) is 5.32 Å². The summed E-state index contributed by atoms with van der Waals surface area (Å²) in [6.45, 7) is 1.77. The Bertz CT molecular complexity index is 915. The molecule has 0 saturated heterocycles. The fourth-order valence-electron chi connectivity index (χ4n) is 1.96. The highest BCUT2D eigenvalue weighted by Gasteiger charge is 2.19. The third kappa shape index (κ3) is 3.62. The van der Waals surface area contributed by atoms with Crippen molar-refractivity contribution in [1.82, 2.24) is 14.6 Å². The van der Waals surface area contributed by atoms with Crippen molar-refractivity contribution in [3.8, 4) is 0 Å². The Kier molecular flexibility index (Phi) is 5.20. The molecular weight excluding hydrogens is 391 g/mol. The number of thioether (sulfide) groups is 1. The lowest BCUT2D eigenvalue weighted by Gasteiger charge is -2.12. The number of hydrogen-bond acceptors (Lipinski definition) is 4. The van der Waals surface area contributed by atoms with Crippen LogP contribution in [0.4, 0.5) is 5.69 Å². The lowest BCUT2D eigenvalue weighted by molar-refractivity contribution is -0.115. The van der Waals surface area contributed by atoms with Gasteiger partial charge < -0.3 is 5.32 Å². The number of nitrogens with zero attached hydrogens (tertiary/aromatic N) is 3. The molecule has 24 heavy (non-hydrogen) atoms. The Hall–Kier alpha value is -1.47. The normalized spacial score (nSPS) is 12.3. The number of carbonyl (C=O) groups excluding carboxylic acids is 1. The van der Waals surface area contributed by atoms with Crippen molar-refractivity contribution < 1.29 is 4.79 Å². The highest BCUT2D eigenvalue weighted by Crippen LogP contribution is 2.33. The molecule has 5 nitrogen and oxygen atoms in total. The van der Waals surface area contributed by atoms with Crippen molar-refractivity contribution >= 4 is 63.8 Å². The Morgan fingerprint density at radius 2 is 1.92 bits per heavy atom. The molecule has 0 aliphatic carbocycles. The van der Waals surface area contributed by atoms with E-state index in [9.17, 15) is 4.79 Å². The van der Waals surface area contributed by atoms with E-state index in [0.29, 0.717) is 25.9 Å². The van der Waals surface area contributed by atoms with Crippen LogP contribution >= 0.6 is 46.6 Å². The third-order valence-corrected chi connectivity index (χ3v) is 5.29. The van der Waals surface area contributed by atoms with Gasteiger partial charge in [-0.25, -0.2) is 0 Å². The standard InChI is InChI=1S/C15H11Cl3N4OS/c1-8(24-15-21-20-13-4-2-3-5-22(13)15)14(23)19-12-7-10(17)9(16)6-11(12)18/h2-8H,1H3,(H,19,23)/t8-/m0/s1. The minimum absolute atomic E-state index is 0.229. The Morgan fingerprint density at radius 1 is 1.17 bits per heavy atom. The molecule has 0 radical (unpaired) electrons. The van der Waals surface area contributed by atoms with E-state index in [2.05, 4.69) is 15.5 Å². The smallest absolute Gasteiger partial charge is 0.237 e. The molecule has 124 valence electrons. The topological polar surface area (TPSA) is 59.3 Å². The minimum Gasteiger partial charge on any atom is -0.324 e. The summed E-state index contributed by atoms with van der Waals surface area (Å²) in [5.41, 5.74) is 1.13. The Balaban J connectivity index is 1.74. The monoisotopic (exact) mass is 400 g/mol. The van der Waals surface area contributed by atoms with Gasteiger partial charge in [-0.15, -0.1) is 10.2 Å². The van der Waals surface area contributed by atoms with E-state index in [0.717, 1.165) is 5.65 Å². The summed E-state index contributed by atoms with van der Waals surface area (Å²) in [6, 6.07) is 8.61. The summed E-state index contributed by atoms with van der Waals surface area (Å²) in [4.78, 5) is 12.4. The summed E-state index contributed by atoms with van der Waals surface area (Å²) in [6.07, 6.45) is 1.85. The van der Waals surface area contributed by atoms with E-state index in [1.54, 1.807) is 6.92 Å². The molecule has 2 heterocycles. The number of anilines is 1. The average molecular weight is 402 g/mol. The number of benzene rings is 1. The van der Waals surface area contributed by atoms with E-state index in [-0.39, 0.29) is 5.91 Å². The van der Waals surface area contributed by atoms with Gasteiger partial charge in [0.25, 0.3) is 0 Å². The van der Waals surface area contributed by atoms with E-state index >= 15 is 0 Å². The number of fused-ring (bicyclic) bond motifs is 1. The zero-order valence-corrected chi connectivity index (χ0v) is 15.4. The third-order valence-electron chi connectivity index (χ3n) is 3.20. The molecule has 0 aliphatic rings. The van der Waals surface area contributed by atoms with Crippen LogP contribution in [0.3, 0.4) is 0 Å². The first-order chi connectivity index (χ1) is 11.5. The van der Waals surface area contributed by atoms with Gasteiger partial charge in [0.05, 0.1) is 26.0 Å². The number of carbonyl (C=O) groups is 1. The first kappa shape index (κ1) is 17.4. The van der Waals surface area contributed by atoms with Crippen molar-refractivity contribution in [2.24, 2.45) is 0 Å². The summed E-state index contributed by atoms with van der Waals surface area (Å²) in [7, 11) is 0. The van der Waals surface area contributed by atoms with Crippen LogP contribution in [-0.4, -0.2) is 25.8 Å². The first-order valence-electron chi connectivity index (χ1n) is 6.87. The summed E-state index contributed by atoms with van der Waals surface area (Å²) >= 11 is 19.2. The first-order valence-corrected chi connectivity index (χ1v) is 8.89. The lowest BCUT2D eigenvalue weighted by atomic mass is 10.3. The van der Waals surface area contributed by atoms with Crippen LogP contribution in [0.5, 0.6) is 0 Å². The minimum atomic E-state index is -0.414. The van der Waals surface area contributed by atoms with Crippen LogP contribution in [0.15, 0.2) is 41.7 Å². The molecule has 3 aromatic rings. The van der Waals surface area contributed by atoms with Crippen molar-refractivity contribution in [3.05, 3.63) is 51.6 Å². The molecule has 0 bridgehead atoms. The average Bonchev–Trinajstić information content (AvgIpc) is 2.95.